The van der Waals surface area contributed by atoms with Gasteiger partial charge in [-0.25, -0.2) is 0 Å². The maximum atomic E-state index is 11.8. The van der Waals surface area contributed by atoms with E-state index in [1.54, 1.807) is 6.07 Å². The van der Waals surface area contributed by atoms with Crippen LogP contribution in [0.5, 0.6) is 0 Å². The van der Waals surface area contributed by atoms with Crippen molar-refractivity contribution >= 4 is 29.1 Å². The van der Waals surface area contributed by atoms with Crippen LogP contribution in [-0.2, 0) is 0 Å². The molecule has 1 heterocycles. The summed E-state index contributed by atoms with van der Waals surface area (Å²) >= 11 is 12.0. The first-order chi connectivity index (χ1) is 8.18. The topological polar surface area (TPSA) is 42.2 Å². The third-order valence-electron chi connectivity index (χ3n) is 3.20. The van der Waals surface area contributed by atoms with Crippen LogP contribution in [0.15, 0.2) is 16.7 Å². The van der Waals surface area contributed by atoms with Crippen molar-refractivity contribution in [2.24, 2.45) is 5.92 Å². The Morgan fingerprint density at radius 3 is 2.88 bits per heavy atom. The number of nitrogens with one attached hydrogen (secondary N) is 1. The van der Waals surface area contributed by atoms with Crippen molar-refractivity contribution in [3.8, 4) is 0 Å². The number of carbonyl (C=O) groups excluding carboxylic acids is 1. The van der Waals surface area contributed by atoms with Gasteiger partial charge in [0.15, 0.2) is 0 Å². The lowest BCUT2D eigenvalue weighted by Gasteiger charge is -2.26. The van der Waals surface area contributed by atoms with Gasteiger partial charge in [0, 0.05) is 11.9 Å². The predicted octanol–water partition coefficient (Wildman–Crippen LogP) is 3.46. The van der Waals surface area contributed by atoms with E-state index in [-0.39, 0.29) is 16.5 Å². The van der Waals surface area contributed by atoms with Crippen LogP contribution in [0.2, 0.25) is 5.22 Å². The average molecular weight is 276 g/mol. The van der Waals surface area contributed by atoms with Crippen molar-refractivity contribution < 1.29 is 9.21 Å². The van der Waals surface area contributed by atoms with E-state index in [0.717, 1.165) is 12.8 Å². The van der Waals surface area contributed by atoms with Crippen molar-refractivity contribution in [1.29, 1.82) is 0 Å². The number of amides is 1. The Kier molecular flexibility index (Phi) is 4.35. The second kappa shape index (κ2) is 5.78. The zero-order chi connectivity index (χ0) is 12.3. The van der Waals surface area contributed by atoms with Gasteiger partial charge in [-0.2, -0.15) is 0 Å². The maximum Gasteiger partial charge on any atom is 0.256 e. The van der Waals surface area contributed by atoms with Gasteiger partial charge < -0.3 is 9.73 Å². The zero-order valence-electron chi connectivity index (χ0n) is 9.42. The fourth-order valence-electron chi connectivity index (χ4n) is 2.17. The smallest absolute Gasteiger partial charge is 0.256 e. The largest absolute Gasteiger partial charge is 0.452 e. The number of halogens is 2. The summed E-state index contributed by atoms with van der Waals surface area (Å²) in [6.07, 6.45) is 5.90. The molecular weight excluding hydrogens is 261 g/mol. The maximum absolute atomic E-state index is 11.8. The Balaban J connectivity index is 1.86. The highest BCUT2D eigenvalue weighted by Gasteiger charge is 2.24. The van der Waals surface area contributed by atoms with Crippen LogP contribution >= 0.6 is 23.2 Å². The molecule has 2 unspecified atom stereocenters. The van der Waals surface area contributed by atoms with Gasteiger partial charge in [0.25, 0.3) is 5.91 Å². The molecule has 17 heavy (non-hydrogen) atoms. The minimum Gasteiger partial charge on any atom is -0.452 e. The van der Waals surface area contributed by atoms with E-state index in [2.05, 4.69) is 5.32 Å². The number of hydrogen-bond acceptors (Lipinski definition) is 2. The van der Waals surface area contributed by atoms with Gasteiger partial charge in [0.05, 0.1) is 11.8 Å². The van der Waals surface area contributed by atoms with Crippen molar-refractivity contribution in [2.45, 2.75) is 31.1 Å². The van der Waals surface area contributed by atoms with Gasteiger partial charge in [-0.1, -0.05) is 12.8 Å². The first-order valence-corrected chi connectivity index (χ1v) is 6.65. The van der Waals surface area contributed by atoms with Crippen LogP contribution in [0, 0.1) is 5.92 Å². The van der Waals surface area contributed by atoms with Gasteiger partial charge in [0.1, 0.15) is 0 Å². The molecular formula is C12H15Cl2NO2. The summed E-state index contributed by atoms with van der Waals surface area (Å²) in [6, 6.07) is 1.57. The lowest BCUT2D eigenvalue weighted by atomic mass is 9.88. The molecule has 2 atom stereocenters. The highest BCUT2D eigenvalue weighted by molar-refractivity contribution is 6.32. The Hall–Kier alpha value is -0.670. The van der Waals surface area contributed by atoms with Crippen LogP contribution in [0.25, 0.3) is 0 Å². The highest BCUT2D eigenvalue weighted by atomic mass is 35.5. The minimum atomic E-state index is -0.196. The molecule has 1 aliphatic rings. The molecule has 0 spiro atoms. The molecule has 0 saturated heterocycles. The van der Waals surface area contributed by atoms with E-state index in [9.17, 15) is 4.79 Å². The molecule has 1 N–H and O–H groups in total. The van der Waals surface area contributed by atoms with Crippen LogP contribution in [0.3, 0.4) is 0 Å². The summed E-state index contributed by atoms with van der Waals surface area (Å²) in [5.74, 6) is 0.165. The van der Waals surface area contributed by atoms with Gasteiger partial charge >= 0.3 is 0 Å². The molecule has 1 fully saturated rings. The molecule has 94 valence electrons. The molecule has 0 aliphatic heterocycles. The second-order valence-electron chi connectivity index (χ2n) is 4.38. The molecule has 2 rings (SSSR count). The van der Waals surface area contributed by atoms with Crippen molar-refractivity contribution in [3.05, 3.63) is 23.1 Å². The molecule has 1 aliphatic carbocycles. The molecule has 1 amide bonds. The molecule has 1 saturated carbocycles. The van der Waals surface area contributed by atoms with E-state index in [4.69, 9.17) is 27.6 Å². The highest BCUT2D eigenvalue weighted by Crippen LogP contribution is 2.28. The summed E-state index contributed by atoms with van der Waals surface area (Å²) in [5, 5.41) is 3.16. The number of hydrogen-bond donors (Lipinski definition) is 1. The Morgan fingerprint density at radius 2 is 2.24 bits per heavy atom. The minimum absolute atomic E-state index is 0.133. The molecule has 0 radical (unpaired) electrons. The first kappa shape index (κ1) is 12.8. The van der Waals surface area contributed by atoms with Gasteiger partial charge in [-0.3, -0.25) is 4.79 Å². The molecule has 0 bridgehead atoms. The monoisotopic (exact) mass is 275 g/mol. The second-order valence-corrected chi connectivity index (χ2v) is 5.28. The van der Waals surface area contributed by atoms with Gasteiger partial charge in [-0.15, -0.1) is 11.6 Å². The molecule has 0 aromatic carbocycles. The lowest BCUT2D eigenvalue weighted by molar-refractivity contribution is 0.0943. The van der Waals surface area contributed by atoms with Gasteiger partial charge in [-0.05, 0) is 36.4 Å². The lowest BCUT2D eigenvalue weighted by Crippen LogP contribution is -2.34. The van der Waals surface area contributed by atoms with E-state index in [1.807, 2.05) is 0 Å². The molecule has 3 nitrogen and oxygen atoms in total. The van der Waals surface area contributed by atoms with Crippen molar-refractivity contribution in [3.63, 3.8) is 0 Å². The Morgan fingerprint density at radius 1 is 1.47 bits per heavy atom. The van der Waals surface area contributed by atoms with E-state index < -0.39 is 0 Å². The normalized spacial score (nSPS) is 24.6. The SMILES string of the molecule is O=C(NCC1CCCCC1Cl)c1ccoc1Cl. The summed E-state index contributed by atoms with van der Waals surface area (Å²) in [5.41, 5.74) is 0.383. The van der Waals surface area contributed by atoms with Gasteiger partial charge in [0.2, 0.25) is 5.22 Å². The van der Waals surface area contributed by atoms with Crippen molar-refractivity contribution in [1.82, 2.24) is 5.32 Å². The quantitative estimate of drug-likeness (QED) is 0.859. The number of rotatable bonds is 3. The van der Waals surface area contributed by atoms with Crippen LogP contribution in [0.4, 0.5) is 0 Å². The third kappa shape index (κ3) is 3.17. The third-order valence-corrected chi connectivity index (χ3v) is 4.07. The summed E-state index contributed by atoms with van der Waals surface area (Å²) in [7, 11) is 0. The molecule has 1 aromatic heterocycles. The predicted molar refractivity (Wildman–Crippen MR) is 67.7 cm³/mol. The molecule has 1 aromatic rings. The van der Waals surface area contributed by atoms with Crippen LogP contribution in [-0.4, -0.2) is 17.8 Å². The Bertz CT molecular complexity index is 392. The Labute approximate surface area is 110 Å². The number of furan rings is 1. The molecule has 5 heteroatoms. The van der Waals surface area contributed by atoms with Crippen LogP contribution < -0.4 is 5.32 Å². The van der Waals surface area contributed by atoms with E-state index >= 15 is 0 Å². The fraction of sp³-hybridized carbons (Fsp3) is 0.583. The van der Waals surface area contributed by atoms with Crippen molar-refractivity contribution in [2.75, 3.05) is 6.54 Å². The fourth-order valence-corrected chi connectivity index (χ4v) is 2.74. The summed E-state index contributed by atoms with van der Waals surface area (Å²) in [4.78, 5) is 11.8. The van der Waals surface area contributed by atoms with E-state index in [0.29, 0.717) is 18.0 Å². The number of alkyl halides is 1. The average Bonchev–Trinajstić information content (AvgIpc) is 2.74. The van der Waals surface area contributed by atoms with Crippen LogP contribution in [0.1, 0.15) is 36.0 Å². The number of carbonyl (C=O) groups is 1. The zero-order valence-corrected chi connectivity index (χ0v) is 10.9. The first-order valence-electron chi connectivity index (χ1n) is 5.83. The standard InChI is InChI=1S/C12H15Cl2NO2/c13-10-4-2-1-3-8(10)7-15-12(16)9-5-6-17-11(9)14/h5-6,8,10H,1-4,7H2,(H,15,16). The van der Waals surface area contributed by atoms with E-state index in [1.165, 1.54) is 19.1 Å². The summed E-state index contributed by atoms with van der Waals surface area (Å²) < 4.78 is 4.88. The summed E-state index contributed by atoms with van der Waals surface area (Å²) in [6.45, 7) is 0.606.